The zero-order valence-electron chi connectivity index (χ0n) is 14.9. The number of aliphatic hydroxyl groups excluding tert-OH is 1. The van der Waals surface area contributed by atoms with E-state index in [2.05, 4.69) is 25.1 Å². The molecule has 3 rings (SSSR count). The first-order valence-corrected chi connectivity index (χ1v) is 8.68. The van der Waals surface area contributed by atoms with E-state index in [1.807, 2.05) is 57.7 Å². The molecular weight excluding hydrogens is 312 g/mol. The number of aryl methyl sites for hydroxylation is 1. The molecular formula is C20H26N4O. The van der Waals surface area contributed by atoms with Gasteiger partial charge in [-0.3, -0.25) is 5.41 Å². The average molecular weight is 338 g/mol. The van der Waals surface area contributed by atoms with Gasteiger partial charge in [-0.2, -0.15) is 0 Å². The molecule has 1 aromatic heterocycles. The average Bonchev–Trinajstić information content (AvgIpc) is 2.88. The Morgan fingerprint density at radius 2 is 1.56 bits per heavy atom. The zero-order chi connectivity index (χ0) is 17.8. The lowest BCUT2D eigenvalue weighted by atomic mass is 10.1. The summed E-state index contributed by atoms with van der Waals surface area (Å²) in [7, 11) is 4.12. The van der Waals surface area contributed by atoms with Crippen LogP contribution in [0.2, 0.25) is 0 Å². The SMILES string of the molecule is CN(C)CCCn1c(=N)n(C[C@@H](O)c2ccccc2)c2ccccc21. The van der Waals surface area contributed by atoms with Crippen molar-refractivity contribution in [1.29, 1.82) is 5.41 Å². The monoisotopic (exact) mass is 338 g/mol. The fourth-order valence-electron chi connectivity index (χ4n) is 3.20. The minimum absolute atomic E-state index is 0.379. The van der Waals surface area contributed by atoms with Crippen molar-refractivity contribution < 1.29 is 5.11 Å². The fourth-order valence-corrected chi connectivity index (χ4v) is 3.20. The molecule has 0 fully saturated rings. The van der Waals surface area contributed by atoms with Crippen LogP contribution in [0.15, 0.2) is 54.6 Å². The highest BCUT2D eigenvalue weighted by molar-refractivity contribution is 5.75. The van der Waals surface area contributed by atoms with E-state index in [1.54, 1.807) is 0 Å². The van der Waals surface area contributed by atoms with Crippen molar-refractivity contribution in [3.63, 3.8) is 0 Å². The summed E-state index contributed by atoms with van der Waals surface area (Å²) in [6, 6.07) is 17.7. The second-order valence-electron chi connectivity index (χ2n) is 6.66. The lowest BCUT2D eigenvalue weighted by Crippen LogP contribution is -2.27. The van der Waals surface area contributed by atoms with E-state index in [9.17, 15) is 5.11 Å². The molecule has 0 saturated carbocycles. The van der Waals surface area contributed by atoms with Crippen molar-refractivity contribution in [2.75, 3.05) is 20.6 Å². The van der Waals surface area contributed by atoms with Gasteiger partial charge in [0.25, 0.3) is 0 Å². The highest BCUT2D eigenvalue weighted by Crippen LogP contribution is 2.18. The summed E-state index contributed by atoms with van der Waals surface area (Å²) >= 11 is 0. The summed E-state index contributed by atoms with van der Waals surface area (Å²) in [6.45, 7) is 2.16. The van der Waals surface area contributed by atoms with Crippen molar-refractivity contribution in [1.82, 2.24) is 14.0 Å². The van der Waals surface area contributed by atoms with E-state index >= 15 is 0 Å². The number of hydrogen-bond acceptors (Lipinski definition) is 3. The Morgan fingerprint density at radius 1 is 0.960 bits per heavy atom. The molecule has 0 aliphatic rings. The van der Waals surface area contributed by atoms with Gasteiger partial charge in [-0.25, -0.2) is 0 Å². The second kappa shape index (κ2) is 7.68. The van der Waals surface area contributed by atoms with Gasteiger partial charge in [0, 0.05) is 6.54 Å². The van der Waals surface area contributed by atoms with Crippen LogP contribution in [0.4, 0.5) is 0 Å². The lowest BCUT2D eigenvalue weighted by Gasteiger charge is -2.13. The van der Waals surface area contributed by atoms with Gasteiger partial charge < -0.3 is 19.1 Å². The van der Waals surface area contributed by atoms with Gasteiger partial charge in [-0.05, 0) is 44.8 Å². The maximum atomic E-state index is 10.6. The molecule has 0 amide bonds. The summed E-state index contributed by atoms with van der Waals surface area (Å²) in [5, 5.41) is 19.2. The van der Waals surface area contributed by atoms with Gasteiger partial charge in [0.2, 0.25) is 5.62 Å². The maximum absolute atomic E-state index is 10.6. The molecule has 0 saturated heterocycles. The van der Waals surface area contributed by atoms with Crippen molar-refractivity contribution in [3.8, 4) is 0 Å². The summed E-state index contributed by atoms with van der Waals surface area (Å²) < 4.78 is 3.94. The van der Waals surface area contributed by atoms with E-state index in [1.165, 1.54) is 0 Å². The van der Waals surface area contributed by atoms with Crippen molar-refractivity contribution >= 4 is 11.0 Å². The van der Waals surface area contributed by atoms with Crippen LogP contribution in [0.25, 0.3) is 11.0 Å². The Balaban J connectivity index is 1.92. The van der Waals surface area contributed by atoms with E-state index in [0.717, 1.165) is 36.1 Å². The quantitative estimate of drug-likeness (QED) is 0.696. The van der Waals surface area contributed by atoms with Gasteiger partial charge >= 0.3 is 0 Å². The maximum Gasteiger partial charge on any atom is 0.203 e. The minimum atomic E-state index is -0.628. The molecule has 0 spiro atoms. The Labute approximate surface area is 148 Å². The standard InChI is InChI=1S/C20H26N4O/c1-22(2)13-8-14-23-17-11-6-7-12-18(17)24(20(23)21)15-19(25)16-9-4-3-5-10-16/h3-7,9-12,19,21,25H,8,13-15H2,1-2H3/t19-/m1/s1. The first-order chi connectivity index (χ1) is 12.1. The second-order valence-corrected chi connectivity index (χ2v) is 6.66. The molecule has 0 aliphatic heterocycles. The number of nitrogens with zero attached hydrogens (tertiary/aromatic N) is 3. The van der Waals surface area contributed by atoms with Crippen LogP contribution in [0.5, 0.6) is 0 Å². The highest BCUT2D eigenvalue weighted by Gasteiger charge is 2.14. The summed E-state index contributed by atoms with van der Waals surface area (Å²) in [4.78, 5) is 2.16. The Bertz CT molecular complexity index is 880. The number of rotatable bonds is 7. The summed E-state index contributed by atoms with van der Waals surface area (Å²) in [5.74, 6) is 0. The van der Waals surface area contributed by atoms with Gasteiger partial charge in [0.05, 0.1) is 23.7 Å². The molecule has 5 heteroatoms. The van der Waals surface area contributed by atoms with Crippen molar-refractivity contribution in [3.05, 3.63) is 65.8 Å². The number of imidazole rings is 1. The number of para-hydroxylation sites is 2. The number of aliphatic hydroxyl groups is 1. The highest BCUT2D eigenvalue weighted by atomic mass is 16.3. The van der Waals surface area contributed by atoms with Crippen LogP contribution in [0, 0.1) is 5.41 Å². The number of aromatic nitrogens is 2. The molecule has 3 aromatic rings. The number of nitrogens with one attached hydrogen (secondary N) is 1. The topological polar surface area (TPSA) is 57.2 Å². The molecule has 25 heavy (non-hydrogen) atoms. The third-order valence-corrected chi connectivity index (χ3v) is 4.50. The van der Waals surface area contributed by atoms with Crippen LogP contribution in [0.1, 0.15) is 18.1 Å². The lowest BCUT2D eigenvalue weighted by molar-refractivity contribution is 0.155. The van der Waals surface area contributed by atoms with Gasteiger partial charge in [0.1, 0.15) is 0 Å². The van der Waals surface area contributed by atoms with Crippen molar-refractivity contribution in [2.45, 2.75) is 25.6 Å². The smallest absolute Gasteiger partial charge is 0.203 e. The first-order valence-electron chi connectivity index (χ1n) is 8.68. The molecule has 1 atom stereocenters. The predicted molar refractivity (Wildman–Crippen MR) is 100 cm³/mol. The minimum Gasteiger partial charge on any atom is -0.387 e. The van der Waals surface area contributed by atoms with Crippen LogP contribution >= 0.6 is 0 Å². The first kappa shape index (κ1) is 17.5. The van der Waals surface area contributed by atoms with Crippen LogP contribution in [-0.4, -0.2) is 39.8 Å². The molecule has 2 aromatic carbocycles. The van der Waals surface area contributed by atoms with E-state index in [4.69, 9.17) is 5.41 Å². The predicted octanol–water partition coefficient (Wildman–Crippen LogP) is 2.61. The summed E-state index contributed by atoms with van der Waals surface area (Å²) in [5.41, 5.74) is 3.35. The van der Waals surface area contributed by atoms with E-state index in [0.29, 0.717) is 12.2 Å². The van der Waals surface area contributed by atoms with Gasteiger partial charge in [-0.15, -0.1) is 0 Å². The van der Waals surface area contributed by atoms with Crippen molar-refractivity contribution in [2.24, 2.45) is 0 Å². The van der Waals surface area contributed by atoms with Crippen LogP contribution < -0.4 is 5.62 Å². The molecule has 0 bridgehead atoms. The zero-order valence-corrected chi connectivity index (χ0v) is 14.9. The fraction of sp³-hybridized carbons (Fsp3) is 0.350. The number of benzene rings is 2. The Kier molecular flexibility index (Phi) is 5.36. The largest absolute Gasteiger partial charge is 0.387 e. The Morgan fingerprint density at radius 3 is 2.20 bits per heavy atom. The van der Waals surface area contributed by atoms with Crippen LogP contribution in [-0.2, 0) is 13.1 Å². The Hall–Kier alpha value is -2.37. The van der Waals surface area contributed by atoms with E-state index in [-0.39, 0.29) is 0 Å². The van der Waals surface area contributed by atoms with Gasteiger partial charge in [-0.1, -0.05) is 42.5 Å². The molecule has 0 radical (unpaired) electrons. The normalized spacial score (nSPS) is 12.8. The molecule has 5 nitrogen and oxygen atoms in total. The molecule has 0 unspecified atom stereocenters. The molecule has 2 N–H and O–H groups in total. The number of hydrogen-bond donors (Lipinski definition) is 2. The summed E-state index contributed by atoms with van der Waals surface area (Å²) in [6.07, 6.45) is 0.357. The van der Waals surface area contributed by atoms with Crippen LogP contribution in [0.3, 0.4) is 0 Å². The molecule has 1 heterocycles. The third-order valence-electron chi connectivity index (χ3n) is 4.50. The number of fused-ring (bicyclic) bond motifs is 1. The van der Waals surface area contributed by atoms with Gasteiger partial charge in [0.15, 0.2) is 0 Å². The van der Waals surface area contributed by atoms with E-state index < -0.39 is 6.10 Å². The third kappa shape index (κ3) is 3.83. The molecule has 132 valence electrons. The molecule has 0 aliphatic carbocycles.